The van der Waals surface area contributed by atoms with Crippen LogP contribution in [0.15, 0.2) is 17.0 Å². The van der Waals surface area contributed by atoms with Crippen molar-refractivity contribution in [1.29, 1.82) is 0 Å². The van der Waals surface area contributed by atoms with E-state index in [9.17, 15) is 8.42 Å². The van der Waals surface area contributed by atoms with Gasteiger partial charge in [0, 0.05) is 6.04 Å². The third-order valence-corrected chi connectivity index (χ3v) is 5.65. The highest BCUT2D eigenvalue weighted by atomic mass is 35.5. The third-order valence-electron chi connectivity index (χ3n) is 3.27. The van der Waals surface area contributed by atoms with Crippen LogP contribution in [-0.2, 0) is 10.0 Å². The molecule has 0 saturated heterocycles. The van der Waals surface area contributed by atoms with E-state index in [1.807, 2.05) is 0 Å². The SMILES string of the molecule is CCCC1CC1NS(=O)(=O)c1ccc(Cl)c(N)c1Cl. The topological polar surface area (TPSA) is 72.2 Å². The first-order valence-electron chi connectivity index (χ1n) is 6.12. The summed E-state index contributed by atoms with van der Waals surface area (Å²) in [5, 5.41) is 0.229. The lowest BCUT2D eigenvalue weighted by atomic mass is 10.2. The van der Waals surface area contributed by atoms with Gasteiger partial charge in [-0.25, -0.2) is 13.1 Å². The smallest absolute Gasteiger partial charge is 0.242 e. The molecule has 0 aliphatic heterocycles. The van der Waals surface area contributed by atoms with Crippen LogP contribution in [-0.4, -0.2) is 14.5 Å². The fourth-order valence-corrected chi connectivity index (χ4v) is 4.18. The molecule has 1 fully saturated rings. The standard InChI is InChI=1S/C12H16Cl2N2O2S/c1-2-3-7-6-9(7)16-19(17,18)10-5-4-8(13)12(15)11(10)14/h4-5,7,9,16H,2-3,6,15H2,1H3. The van der Waals surface area contributed by atoms with Crippen LogP contribution in [0, 0.1) is 5.92 Å². The van der Waals surface area contributed by atoms with Crippen LogP contribution < -0.4 is 10.5 Å². The zero-order valence-corrected chi connectivity index (χ0v) is 12.8. The molecule has 1 saturated carbocycles. The molecule has 2 unspecified atom stereocenters. The molecular formula is C12H16Cl2N2O2S. The number of benzene rings is 1. The number of nitrogen functional groups attached to an aromatic ring is 1. The molecule has 4 nitrogen and oxygen atoms in total. The summed E-state index contributed by atoms with van der Waals surface area (Å²) in [6.45, 7) is 2.08. The molecular weight excluding hydrogens is 307 g/mol. The second-order valence-electron chi connectivity index (χ2n) is 4.79. The van der Waals surface area contributed by atoms with E-state index in [0.717, 1.165) is 19.3 Å². The molecule has 0 amide bonds. The van der Waals surface area contributed by atoms with E-state index in [2.05, 4.69) is 11.6 Å². The van der Waals surface area contributed by atoms with Crippen molar-refractivity contribution in [2.75, 3.05) is 5.73 Å². The Labute approximate surface area is 123 Å². The summed E-state index contributed by atoms with van der Waals surface area (Å²) in [6.07, 6.45) is 2.97. The Hall–Kier alpha value is -0.490. The summed E-state index contributed by atoms with van der Waals surface area (Å²) in [4.78, 5) is -0.0155. The normalized spacial score (nSPS) is 22.5. The van der Waals surface area contributed by atoms with Crippen molar-refractivity contribution in [3.8, 4) is 0 Å². The first-order valence-corrected chi connectivity index (χ1v) is 8.36. The number of halogens is 2. The molecule has 1 aliphatic carbocycles. The lowest BCUT2D eigenvalue weighted by molar-refractivity contribution is 0.573. The maximum atomic E-state index is 12.2. The van der Waals surface area contributed by atoms with Crippen LogP contribution >= 0.6 is 23.2 Å². The van der Waals surface area contributed by atoms with Crippen molar-refractivity contribution in [2.45, 2.75) is 37.1 Å². The number of anilines is 1. The second-order valence-corrected chi connectivity index (χ2v) is 7.25. The number of nitrogens with two attached hydrogens (primary N) is 1. The van der Waals surface area contributed by atoms with E-state index in [1.165, 1.54) is 12.1 Å². The van der Waals surface area contributed by atoms with Gasteiger partial charge in [0.1, 0.15) is 4.90 Å². The predicted molar refractivity (Wildman–Crippen MR) is 78.0 cm³/mol. The Morgan fingerprint density at radius 2 is 2.11 bits per heavy atom. The summed E-state index contributed by atoms with van der Waals surface area (Å²) in [5.41, 5.74) is 5.73. The number of hydrogen-bond acceptors (Lipinski definition) is 3. The Kier molecular flexibility index (Phi) is 4.30. The molecule has 0 aromatic heterocycles. The highest BCUT2D eigenvalue weighted by molar-refractivity contribution is 7.89. The van der Waals surface area contributed by atoms with E-state index < -0.39 is 10.0 Å². The second kappa shape index (κ2) is 5.48. The Bertz CT molecular complexity index is 590. The minimum atomic E-state index is -3.64. The average molecular weight is 323 g/mol. The first-order chi connectivity index (χ1) is 8.86. The number of nitrogens with one attached hydrogen (secondary N) is 1. The molecule has 19 heavy (non-hydrogen) atoms. The van der Waals surface area contributed by atoms with E-state index in [1.54, 1.807) is 0 Å². The van der Waals surface area contributed by atoms with Crippen LogP contribution in [0.3, 0.4) is 0 Å². The van der Waals surface area contributed by atoms with Gasteiger partial charge < -0.3 is 5.73 Å². The van der Waals surface area contributed by atoms with Crippen molar-refractivity contribution >= 4 is 38.9 Å². The van der Waals surface area contributed by atoms with Gasteiger partial charge in [-0.15, -0.1) is 0 Å². The van der Waals surface area contributed by atoms with Gasteiger partial charge in [0.2, 0.25) is 10.0 Å². The molecule has 1 aliphatic rings. The van der Waals surface area contributed by atoms with Crippen LogP contribution in [0.2, 0.25) is 10.0 Å². The maximum absolute atomic E-state index is 12.2. The summed E-state index contributed by atoms with van der Waals surface area (Å²) in [7, 11) is -3.64. The summed E-state index contributed by atoms with van der Waals surface area (Å²) < 4.78 is 27.1. The maximum Gasteiger partial charge on any atom is 0.242 e. The molecule has 0 heterocycles. The van der Waals surface area contributed by atoms with Gasteiger partial charge in [-0.1, -0.05) is 36.5 Å². The lowest BCUT2D eigenvalue weighted by Gasteiger charge is -2.10. The van der Waals surface area contributed by atoms with Gasteiger partial charge in [0.05, 0.1) is 15.7 Å². The lowest BCUT2D eigenvalue weighted by Crippen LogP contribution is -2.27. The van der Waals surface area contributed by atoms with E-state index in [-0.39, 0.29) is 26.7 Å². The average Bonchev–Trinajstić information content (AvgIpc) is 3.03. The molecule has 7 heteroatoms. The van der Waals surface area contributed by atoms with Gasteiger partial charge in [-0.3, -0.25) is 0 Å². The van der Waals surface area contributed by atoms with Crippen LogP contribution in [0.1, 0.15) is 26.2 Å². The van der Waals surface area contributed by atoms with Crippen molar-refractivity contribution in [2.24, 2.45) is 5.92 Å². The van der Waals surface area contributed by atoms with Gasteiger partial charge >= 0.3 is 0 Å². The van der Waals surface area contributed by atoms with Crippen LogP contribution in [0.25, 0.3) is 0 Å². The molecule has 106 valence electrons. The Balaban J connectivity index is 2.19. The molecule has 1 aromatic carbocycles. The Morgan fingerprint density at radius 1 is 1.42 bits per heavy atom. The van der Waals surface area contributed by atoms with Gasteiger partial charge in [-0.05, 0) is 30.9 Å². The number of sulfonamides is 1. The van der Waals surface area contributed by atoms with Crippen molar-refractivity contribution in [1.82, 2.24) is 4.72 Å². The Morgan fingerprint density at radius 3 is 2.74 bits per heavy atom. The summed E-state index contributed by atoms with van der Waals surface area (Å²) >= 11 is 11.7. The van der Waals surface area contributed by atoms with Crippen molar-refractivity contribution in [3.05, 3.63) is 22.2 Å². The minimum Gasteiger partial charge on any atom is -0.396 e. The van der Waals surface area contributed by atoms with Crippen LogP contribution in [0.4, 0.5) is 5.69 Å². The van der Waals surface area contributed by atoms with Gasteiger partial charge in [-0.2, -0.15) is 0 Å². The van der Waals surface area contributed by atoms with Gasteiger partial charge in [0.25, 0.3) is 0 Å². The minimum absolute atomic E-state index is 0.0120. The zero-order chi connectivity index (χ0) is 14.2. The van der Waals surface area contributed by atoms with Gasteiger partial charge in [0.15, 0.2) is 0 Å². The predicted octanol–water partition coefficient (Wildman–Crippen LogP) is 3.04. The third kappa shape index (κ3) is 3.16. The van der Waals surface area contributed by atoms with Crippen molar-refractivity contribution in [3.63, 3.8) is 0 Å². The summed E-state index contributed by atoms with van der Waals surface area (Å²) in [6, 6.07) is 2.83. The quantitative estimate of drug-likeness (QED) is 0.818. The highest BCUT2D eigenvalue weighted by Crippen LogP contribution is 2.38. The van der Waals surface area contributed by atoms with Crippen molar-refractivity contribution < 1.29 is 8.42 Å². The fraction of sp³-hybridized carbons (Fsp3) is 0.500. The first kappa shape index (κ1) is 14.9. The molecule has 0 radical (unpaired) electrons. The largest absolute Gasteiger partial charge is 0.396 e. The van der Waals surface area contributed by atoms with E-state index in [0.29, 0.717) is 5.92 Å². The number of rotatable bonds is 5. The molecule has 0 spiro atoms. The highest BCUT2D eigenvalue weighted by Gasteiger charge is 2.39. The molecule has 0 bridgehead atoms. The zero-order valence-electron chi connectivity index (χ0n) is 10.5. The van der Waals surface area contributed by atoms with E-state index >= 15 is 0 Å². The fourth-order valence-electron chi connectivity index (χ4n) is 2.10. The molecule has 2 rings (SSSR count). The molecule has 3 N–H and O–H groups in total. The van der Waals surface area contributed by atoms with E-state index in [4.69, 9.17) is 28.9 Å². The summed E-state index contributed by atoms with van der Waals surface area (Å²) in [5.74, 6) is 0.434. The monoisotopic (exact) mass is 322 g/mol. The molecule has 1 aromatic rings. The van der Waals surface area contributed by atoms with Crippen LogP contribution in [0.5, 0.6) is 0 Å². The molecule has 2 atom stereocenters. The number of hydrogen-bond donors (Lipinski definition) is 2.